The molecule has 3 atom stereocenters. The average molecular weight is 156 g/mol. The maximum Gasteiger partial charge on any atom is 0.0756 e. The van der Waals surface area contributed by atoms with Crippen molar-refractivity contribution in [1.29, 1.82) is 0 Å². The van der Waals surface area contributed by atoms with E-state index in [4.69, 9.17) is 4.74 Å². The van der Waals surface area contributed by atoms with Gasteiger partial charge in [-0.05, 0) is 14.1 Å². The summed E-state index contributed by atoms with van der Waals surface area (Å²) in [5, 5.41) is 3.36. The topological polar surface area (TPSA) is 24.5 Å². The van der Waals surface area contributed by atoms with Crippen LogP contribution in [0.15, 0.2) is 0 Å². The summed E-state index contributed by atoms with van der Waals surface area (Å²) < 4.78 is 5.65. The molecular formula is C8H16N2O. The van der Waals surface area contributed by atoms with Crippen LogP contribution in [-0.4, -0.2) is 50.8 Å². The largest absolute Gasteiger partial charge is 0.375 e. The molecule has 2 fully saturated rings. The van der Waals surface area contributed by atoms with Gasteiger partial charge in [0.05, 0.1) is 12.7 Å². The Labute approximate surface area is 67.7 Å². The third kappa shape index (κ3) is 1.17. The lowest BCUT2D eigenvalue weighted by atomic mass is 10.00. The third-order valence-electron chi connectivity index (χ3n) is 2.84. The minimum Gasteiger partial charge on any atom is -0.375 e. The van der Waals surface area contributed by atoms with Gasteiger partial charge in [-0.25, -0.2) is 0 Å². The molecule has 1 N–H and O–H groups in total. The predicted octanol–water partition coefficient (Wildman–Crippen LogP) is -0.465. The number of fused-ring (bicyclic) bond motifs is 1. The van der Waals surface area contributed by atoms with E-state index in [0.29, 0.717) is 12.1 Å². The summed E-state index contributed by atoms with van der Waals surface area (Å²) in [7, 11) is 4.27. The standard InChI is InChI=1S/C8H16N2O/c1-10(2)7-5-11-8-4-9-3-6(7)8/h6-9H,3-5H2,1-2H3/t6-,7?,8-/m0/s1. The monoisotopic (exact) mass is 156 g/mol. The Kier molecular flexibility index (Phi) is 1.87. The molecule has 0 radical (unpaired) electrons. The van der Waals surface area contributed by atoms with Crippen LogP contribution in [0.3, 0.4) is 0 Å². The van der Waals surface area contributed by atoms with E-state index < -0.39 is 0 Å². The van der Waals surface area contributed by atoms with Crippen LogP contribution in [0.5, 0.6) is 0 Å². The highest BCUT2D eigenvalue weighted by Crippen LogP contribution is 2.26. The van der Waals surface area contributed by atoms with Crippen LogP contribution >= 0.6 is 0 Å². The first-order chi connectivity index (χ1) is 5.29. The van der Waals surface area contributed by atoms with Crippen molar-refractivity contribution in [3.63, 3.8) is 0 Å². The summed E-state index contributed by atoms with van der Waals surface area (Å²) in [6.07, 6.45) is 0.488. The second kappa shape index (κ2) is 2.73. The first kappa shape index (κ1) is 7.53. The Hall–Kier alpha value is -0.120. The van der Waals surface area contributed by atoms with Crippen LogP contribution in [0.2, 0.25) is 0 Å². The first-order valence-corrected chi connectivity index (χ1v) is 4.28. The van der Waals surface area contributed by atoms with Gasteiger partial charge in [0.25, 0.3) is 0 Å². The lowest BCUT2D eigenvalue weighted by Gasteiger charge is -2.22. The van der Waals surface area contributed by atoms with E-state index >= 15 is 0 Å². The van der Waals surface area contributed by atoms with Crippen LogP contribution in [0, 0.1) is 5.92 Å². The minimum absolute atomic E-state index is 0.488. The normalized spacial score (nSPS) is 43.4. The number of nitrogens with one attached hydrogen (secondary N) is 1. The van der Waals surface area contributed by atoms with E-state index in [9.17, 15) is 0 Å². The summed E-state index contributed by atoms with van der Waals surface area (Å²) in [6, 6.07) is 0.634. The lowest BCUT2D eigenvalue weighted by Crippen LogP contribution is -2.36. The molecule has 0 aromatic rings. The zero-order valence-electron chi connectivity index (χ0n) is 7.21. The molecule has 2 rings (SSSR count). The molecule has 0 aliphatic carbocycles. The van der Waals surface area contributed by atoms with Gasteiger partial charge in [-0.3, -0.25) is 0 Å². The van der Waals surface area contributed by atoms with Crippen molar-refractivity contribution in [3.05, 3.63) is 0 Å². The number of hydrogen-bond donors (Lipinski definition) is 1. The molecule has 3 heteroatoms. The first-order valence-electron chi connectivity index (χ1n) is 4.28. The molecule has 2 saturated heterocycles. The van der Waals surface area contributed by atoms with Crippen LogP contribution in [0.1, 0.15) is 0 Å². The molecular weight excluding hydrogens is 140 g/mol. The summed E-state index contributed by atoms with van der Waals surface area (Å²) in [5.74, 6) is 0.727. The van der Waals surface area contributed by atoms with Crippen molar-refractivity contribution >= 4 is 0 Å². The van der Waals surface area contributed by atoms with Gasteiger partial charge in [0.2, 0.25) is 0 Å². The zero-order chi connectivity index (χ0) is 7.84. The van der Waals surface area contributed by atoms with Gasteiger partial charge in [-0.1, -0.05) is 0 Å². The van der Waals surface area contributed by atoms with E-state index in [1.165, 1.54) is 0 Å². The van der Waals surface area contributed by atoms with Gasteiger partial charge in [0.15, 0.2) is 0 Å². The number of rotatable bonds is 1. The van der Waals surface area contributed by atoms with Crippen molar-refractivity contribution in [2.75, 3.05) is 33.8 Å². The smallest absolute Gasteiger partial charge is 0.0756 e. The Balaban J connectivity index is 2.03. The highest BCUT2D eigenvalue weighted by atomic mass is 16.5. The lowest BCUT2D eigenvalue weighted by molar-refractivity contribution is 0.106. The zero-order valence-corrected chi connectivity index (χ0v) is 7.21. The van der Waals surface area contributed by atoms with E-state index in [-0.39, 0.29) is 0 Å². The van der Waals surface area contributed by atoms with Crippen molar-refractivity contribution in [2.24, 2.45) is 5.92 Å². The summed E-state index contributed by atoms with van der Waals surface area (Å²) >= 11 is 0. The number of likely N-dealkylation sites (N-methyl/N-ethyl adjacent to an activating group) is 1. The molecule has 0 spiro atoms. The van der Waals surface area contributed by atoms with Crippen LogP contribution in [0.4, 0.5) is 0 Å². The minimum atomic E-state index is 0.488. The number of nitrogens with zero attached hydrogens (tertiary/aromatic N) is 1. The van der Waals surface area contributed by atoms with Gasteiger partial charge in [-0.2, -0.15) is 0 Å². The van der Waals surface area contributed by atoms with E-state index in [1.54, 1.807) is 0 Å². The van der Waals surface area contributed by atoms with Crippen LogP contribution in [0.25, 0.3) is 0 Å². The van der Waals surface area contributed by atoms with Gasteiger partial charge in [0, 0.05) is 25.0 Å². The maximum absolute atomic E-state index is 5.65. The molecule has 64 valence electrons. The molecule has 0 saturated carbocycles. The Morgan fingerprint density at radius 2 is 2.18 bits per heavy atom. The molecule has 2 aliphatic rings. The molecule has 0 aromatic carbocycles. The number of hydrogen-bond acceptors (Lipinski definition) is 3. The van der Waals surface area contributed by atoms with Crippen LogP contribution < -0.4 is 5.32 Å². The fourth-order valence-corrected chi connectivity index (χ4v) is 2.12. The molecule has 0 bridgehead atoms. The summed E-state index contributed by atoms with van der Waals surface area (Å²) in [6.45, 7) is 3.10. The average Bonchev–Trinajstić information content (AvgIpc) is 2.41. The van der Waals surface area contributed by atoms with Gasteiger partial charge < -0.3 is 15.0 Å². The molecule has 0 amide bonds. The molecule has 1 unspecified atom stereocenters. The van der Waals surface area contributed by atoms with E-state index in [0.717, 1.165) is 25.6 Å². The number of ether oxygens (including phenoxy) is 1. The van der Waals surface area contributed by atoms with E-state index in [1.807, 2.05) is 0 Å². The summed E-state index contributed by atoms with van der Waals surface area (Å²) in [5.41, 5.74) is 0. The van der Waals surface area contributed by atoms with Gasteiger partial charge in [0.1, 0.15) is 0 Å². The van der Waals surface area contributed by atoms with Gasteiger partial charge >= 0.3 is 0 Å². The molecule has 0 aromatic heterocycles. The van der Waals surface area contributed by atoms with Crippen molar-refractivity contribution in [3.8, 4) is 0 Å². The fraction of sp³-hybridized carbons (Fsp3) is 1.00. The molecule has 2 aliphatic heterocycles. The van der Waals surface area contributed by atoms with Crippen molar-refractivity contribution < 1.29 is 4.74 Å². The predicted molar refractivity (Wildman–Crippen MR) is 43.6 cm³/mol. The van der Waals surface area contributed by atoms with E-state index in [2.05, 4.69) is 24.3 Å². The third-order valence-corrected chi connectivity index (χ3v) is 2.84. The second-order valence-corrected chi connectivity index (χ2v) is 3.72. The molecule has 3 nitrogen and oxygen atoms in total. The quantitative estimate of drug-likeness (QED) is 0.556. The highest BCUT2D eigenvalue weighted by molar-refractivity contribution is 4.95. The Morgan fingerprint density at radius 3 is 2.91 bits per heavy atom. The highest BCUT2D eigenvalue weighted by Gasteiger charge is 2.41. The Bertz CT molecular complexity index is 149. The molecule has 2 heterocycles. The molecule has 11 heavy (non-hydrogen) atoms. The Morgan fingerprint density at radius 1 is 1.36 bits per heavy atom. The van der Waals surface area contributed by atoms with Crippen molar-refractivity contribution in [2.45, 2.75) is 12.1 Å². The maximum atomic E-state index is 5.65. The van der Waals surface area contributed by atoms with Gasteiger partial charge in [-0.15, -0.1) is 0 Å². The van der Waals surface area contributed by atoms with Crippen LogP contribution in [-0.2, 0) is 4.74 Å². The second-order valence-electron chi connectivity index (χ2n) is 3.72. The fourth-order valence-electron chi connectivity index (χ4n) is 2.12. The summed E-state index contributed by atoms with van der Waals surface area (Å²) in [4.78, 5) is 2.28. The SMILES string of the molecule is CN(C)C1CO[C@H]2CNC[C@@H]12. The van der Waals surface area contributed by atoms with Crippen molar-refractivity contribution in [1.82, 2.24) is 10.2 Å².